The lowest BCUT2D eigenvalue weighted by Gasteiger charge is -2.29. The fourth-order valence-electron chi connectivity index (χ4n) is 2.46. The summed E-state index contributed by atoms with van der Waals surface area (Å²) in [6.07, 6.45) is 2.20. The van der Waals surface area contributed by atoms with Crippen LogP contribution in [0, 0.1) is 24.2 Å². The van der Waals surface area contributed by atoms with Crippen molar-refractivity contribution in [1.29, 1.82) is 5.26 Å². The van der Waals surface area contributed by atoms with Crippen molar-refractivity contribution in [1.82, 2.24) is 0 Å². The van der Waals surface area contributed by atoms with Crippen molar-refractivity contribution in [3.05, 3.63) is 29.3 Å². The molecule has 0 amide bonds. The van der Waals surface area contributed by atoms with Crippen molar-refractivity contribution in [3.63, 3.8) is 0 Å². The number of benzene rings is 1. The standard InChI is InChI=1S/C15H20N2O/c1-11-3-4-15(14(9-11)10-16)17-12(2)13-5-7-18-8-6-13/h3-4,9,12-13,17H,5-8H2,1-2H3. The molecule has 1 N–H and O–H groups in total. The monoisotopic (exact) mass is 244 g/mol. The van der Waals surface area contributed by atoms with Gasteiger partial charge in [-0.25, -0.2) is 0 Å². The molecule has 3 nitrogen and oxygen atoms in total. The van der Waals surface area contributed by atoms with Crippen molar-refractivity contribution in [2.45, 2.75) is 32.7 Å². The minimum Gasteiger partial charge on any atom is -0.381 e. The largest absolute Gasteiger partial charge is 0.381 e. The molecule has 0 aliphatic carbocycles. The second-order valence-electron chi connectivity index (χ2n) is 5.04. The Labute approximate surface area is 109 Å². The van der Waals surface area contributed by atoms with E-state index in [9.17, 15) is 0 Å². The molecule has 1 atom stereocenters. The van der Waals surface area contributed by atoms with Gasteiger partial charge in [0.05, 0.1) is 11.3 Å². The third-order valence-electron chi connectivity index (χ3n) is 3.65. The molecule has 0 bridgehead atoms. The van der Waals surface area contributed by atoms with Crippen molar-refractivity contribution in [3.8, 4) is 6.07 Å². The lowest BCUT2D eigenvalue weighted by atomic mass is 9.92. The first-order valence-electron chi connectivity index (χ1n) is 6.55. The maximum Gasteiger partial charge on any atom is 0.101 e. The van der Waals surface area contributed by atoms with Gasteiger partial charge >= 0.3 is 0 Å². The van der Waals surface area contributed by atoms with E-state index >= 15 is 0 Å². The van der Waals surface area contributed by atoms with Crippen LogP contribution in [0.2, 0.25) is 0 Å². The van der Waals surface area contributed by atoms with Crippen LogP contribution in [0.15, 0.2) is 18.2 Å². The van der Waals surface area contributed by atoms with Crippen LogP contribution in [0.5, 0.6) is 0 Å². The van der Waals surface area contributed by atoms with E-state index in [1.165, 1.54) is 0 Å². The lowest BCUT2D eigenvalue weighted by molar-refractivity contribution is 0.0622. The van der Waals surface area contributed by atoms with Crippen LogP contribution >= 0.6 is 0 Å². The van der Waals surface area contributed by atoms with Crippen molar-refractivity contribution >= 4 is 5.69 Å². The van der Waals surface area contributed by atoms with Crippen LogP contribution in [-0.4, -0.2) is 19.3 Å². The molecule has 1 unspecified atom stereocenters. The SMILES string of the molecule is Cc1ccc(NC(C)C2CCOCC2)c(C#N)c1. The highest BCUT2D eigenvalue weighted by atomic mass is 16.5. The zero-order chi connectivity index (χ0) is 13.0. The number of anilines is 1. The quantitative estimate of drug-likeness (QED) is 0.888. The highest BCUT2D eigenvalue weighted by Crippen LogP contribution is 2.24. The molecular weight excluding hydrogens is 224 g/mol. The van der Waals surface area contributed by atoms with Gasteiger partial charge in [0.25, 0.3) is 0 Å². The summed E-state index contributed by atoms with van der Waals surface area (Å²) in [5.41, 5.74) is 2.80. The Kier molecular flexibility index (Phi) is 4.22. The summed E-state index contributed by atoms with van der Waals surface area (Å²) in [4.78, 5) is 0. The first kappa shape index (κ1) is 12.9. The number of nitriles is 1. The van der Waals surface area contributed by atoms with Crippen molar-refractivity contribution < 1.29 is 4.74 Å². The first-order chi connectivity index (χ1) is 8.70. The van der Waals surface area contributed by atoms with E-state index in [0.717, 1.165) is 42.9 Å². The highest BCUT2D eigenvalue weighted by Gasteiger charge is 2.20. The number of nitrogens with one attached hydrogen (secondary N) is 1. The molecule has 1 aliphatic heterocycles. The molecule has 0 saturated carbocycles. The minimum atomic E-state index is 0.378. The van der Waals surface area contributed by atoms with Crippen molar-refractivity contribution in [2.24, 2.45) is 5.92 Å². The van der Waals surface area contributed by atoms with Crippen LogP contribution in [0.25, 0.3) is 0 Å². The number of ether oxygens (including phenoxy) is 1. The first-order valence-corrected chi connectivity index (χ1v) is 6.55. The number of aryl methyl sites for hydroxylation is 1. The fourth-order valence-corrected chi connectivity index (χ4v) is 2.46. The normalized spacial score (nSPS) is 18.1. The van der Waals surface area contributed by atoms with E-state index in [1.54, 1.807) is 0 Å². The lowest BCUT2D eigenvalue weighted by Crippen LogP contribution is -2.31. The van der Waals surface area contributed by atoms with Gasteiger partial charge in [0, 0.05) is 19.3 Å². The number of nitrogens with zero attached hydrogens (tertiary/aromatic N) is 1. The van der Waals surface area contributed by atoms with Gasteiger partial charge in [-0.1, -0.05) is 6.07 Å². The molecule has 0 aromatic heterocycles. The van der Waals surface area contributed by atoms with Crippen LogP contribution in [0.1, 0.15) is 30.9 Å². The molecule has 1 aromatic rings. The highest BCUT2D eigenvalue weighted by molar-refractivity contribution is 5.59. The van der Waals surface area contributed by atoms with Gasteiger partial charge in [0.15, 0.2) is 0 Å². The van der Waals surface area contributed by atoms with Gasteiger partial charge < -0.3 is 10.1 Å². The van der Waals surface area contributed by atoms with Gasteiger partial charge in [-0.3, -0.25) is 0 Å². The Morgan fingerprint density at radius 2 is 2.11 bits per heavy atom. The summed E-state index contributed by atoms with van der Waals surface area (Å²) in [5, 5.41) is 12.6. The summed E-state index contributed by atoms with van der Waals surface area (Å²) in [6, 6.07) is 8.61. The Balaban J connectivity index is 2.06. The summed E-state index contributed by atoms with van der Waals surface area (Å²) in [5.74, 6) is 0.631. The predicted molar refractivity (Wildman–Crippen MR) is 72.5 cm³/mol. The van der Waals surface area contributed by atoms with Crippen molar-refractivity contribution in [2.75, 3.05) is 18.5 Å². The summed E-state index contributed by atoms with van der Waals surface area (Å²) in [6.45, 7) is 5.91. The second kappa shape index (κ2) is 5.88. The number of hydrogen-bond donors (Lipinski definition) is 1. The zero-order valence-electron chi connectivity index (χ0n) is 11.1. The summed E-state index contributed by atoms with van der Waals surface area (Å²) >= 11 is 0. The molecule has 1 saturated heterocycles. The van der Waals surface area contributed by atoms with Crippen LogP contribution in [0.3, 0.4) is 0 Å². The Morgan fingerprint density at radius 3 is 2.78 bits per heavy atom. The zero-order valence-corrected chi connectivity index (χ0v) is 11.1. The van der Waals surface area contributed by atoms with Gasteiger partial charge in [-0.15, -0.1) is 0 Å². The van der Waals surface area contributed by atoms with E-state index in [4.69, 9.17) is 10.00 Å². The number of hydrogen-bond acceptors (Lipinski definition) is 3. The molecule has 3 heteroatoms. The third kappa shape index (κ3) is 3.02. The molecule has 1 aliphatic rings. The molecule has 1 fully saturated rings. The predicted octanol–water partition coefficient (Wildman–Crippen LogP) is 3.09. The molecule has 18 heavy (non-hydrogen) atoms. The molecule has 96 valence electrons. The molecule has 1 aromatic carbocycles. The van der Waals surface area contributed by atoms with Gasteiger partial charge in [0.2, 0.25) is 0 Å². The van der Waals surface area contributed by atoms with Crippen LogP contribution < -0.4 is 5.32 Å². The average Bonchev–Trinajstić information content (AvgIpc) is 2.41. The Morgan fingerprint density at radius 1 is 1.39 bits per heavy atom. The molecule has 2 rings (SSSR count). The maximum atomic E-state index is 9.16. The minimum absolute atomic E-state index is 0.378. The van der Waals surface area contributed by atoms with Gasteiger partial charge in [-0.2, -0.15) is 5.26 Å². The maximum absolute atomic E-state index is 9.16. The molecule has 0 radical (unpaired) electrons. The van der Waals surface area contributed by atoms with E-state index < -0.39 is 0 Å². The van der Waals surface area contributed by atoms with Gasteiger partial charge in [0.1, 0.15) is 6.07 Å². The van der Waals surface area contributed by atoms with Crippen LogP contribution in [-0.2, 0) is 4.74 Å². The van der Waals surface area contributed by atoms with E-state index in [1.807, 2.05) is 25.1 Å². The van der Waals surface area contributed by atoms with E-state index in [2.05, 4.69) is 18.3 Å². The van der Waals surface area contributed by atoms with Crippen LogP contribution in [0.4, 0.5) is 5.69 Å². The smallest absolute Gasteiger partial charge is 0.101 e. The second-order valence-corrected chi connectivity index (χ2v) is 5.04. The van der Waals surface area contributed by atoms with E-state index in [0.29, 0.717) is 12.0 Å². The third-order valence-corrected chi connectivity index (χ3v) is 3.65. The summed E-state index contributed by atoms with van der Waals surface area (Å²) < 4.78 is 5.38. The average molecular weight is 244 g/mol. The molecular formula is C15H20N2O. The Bertz CT molecular complexity index is 444. The topological polar surface area (TPSA) is 45.0 Å². The fraction of sp³-hybridized carbons (Fsp3) is 0.533. The number of rotatable bonds is 3. The summed E-state index contributed by atoms with van der Waals surface area (Å²) in [7, 11) is 0. The van der Waals surface area contributed by atoms with Gasteiger partial charge in [-0.05, 0) is 50.3 Å². The molecule has 1 heterocycles. The molecule has 0 spiro atoms. The Hall–Kier alpha value is -1.53. The van der Waals surface area contributed by atoms with E-state index in [-0.39, 0.29) is 0 Å².